The van der Waals surface area contributed by atoms with Crippen LogP contribution in [0, 0.1) is 17.6 Å². The van der Waals surface area contributed by atoms with E-state index in [0.717, 1.165) is 37.5 Å². The molecule has 0 saturated heterocycles. The minimum absolute atomic E-state index is 0.0648. The summed E-state index contributed by atoms with van der Waals surface area (Å²) in [6.07, 6.45) is 4.63. The Hall–Kier alpha value is -2.04. The van der Waals surface area contributed by atoms with Crippen molar-refractivity contribution in [1.29, 1.82) is 0 Å². The zero-order valence-electron chi connectivity index (χ0n) is 11.7. The number of halogens is 2. The summed E-state index contributed by atoms with van der Waals surface area (Å²) in [6.45, 7) is 1.42. The lowest BCUT2D eigenvalue weighted by Crippen LogP contribution is -2.15. The number of carboxylic acid groups (broad SMARTS) is 1. The summed E-state index contributed by atoms with van der Waals surface area (Å²) >= 11 is 0. The first-order valence-corrected chi connectivity index (χ1v) is 6.86. The van der Waals surface area contributed by atoms with Gasteiger partial charge in [0.15, 0.2) is 17.4 Å². The molecule has 0 radical (unpaired) electrons. The smallest absolute Gasteiger partial charge is 0.339 e. The SMILES string of the molecule is C/C=C(/C(=O)O)C(=O)c1cc(F)c(F)cc1CCC1CC1. The summed E-state index contributed by atoms with van der Waals surface area (Å²) in [5.41, 5.74) is -0.134. The molecule has 1 N–H and O–H groups in total. The van der Waals surface area contributed by atoms with Crippen LogP contribution in [-0.4, -0.2) is 16.9 Å². The van der Waals surface area contributed by atoms with E-state index in [1.54, 1.807) is 0 Å². The minimum Gasteiger partial charge on any atom is -0.478 e. The van der Waals surface area contributed by atoms with Gasteiger partial charge in [0.05, 0.1) is 0 Å². The van der Waals surface area contributed by atoms with Crippen molar-refractivity contribution in [3.8, 4) is 0 Å². The molecule has 1 fully saturated rings. The molecule has 0 atom stereocenters. The fourth-order valence-electron chi connectivity index (χ4n) is 2.27. The van der Waals surface area contributed by atoms with Crippen LogP contribution in [0.25, 0.3) is 0 Å². The van der Waals surface area contributed by atoms with Crippen LogP contribution >= 0.6 is 0 Å². The highest BCUT2D eigenvalue weighted by Gasteiger charge is 2.25. The number of aryl methyl sites for hydroxylation is 1. The molecule has 5 heteroatoms. The van der Waals surface area contributed by atoms with Crippen molar-refractivity contribution >= 4 is 11.8 Å². The number of hydrogen-bond acceptors (Lipinski definition) is 2. The van der Waals surface area contributed by atoms with Gasteiger partial charge in [-0.25, -0.2) is 13.6 Å². The quantitative estimate of drug-likeness (QED) is 0.378. The Morgan fingerprint density at radius 1 is 1.29 bits per heavy atom. The molecule has 0 aromatic heterocycles. The molecule has 1 aliphatic rings. The number of ketones is 1. The number of carbonyl (C=O) groups is 2. The van der Waals surface area contributed by atoms with Gasteiger partial charge >= 0.3 is 5.97 Å². The Labute approximate surface area is 121 Å². The molecule has 112 valence electrons. The maximum Gasteiger partial charge on any atom is 0.339 e. The van der Waals surface area contributed by atoms with Crippen molar-refractivity contribution in [2.75, 3.05) is 0 Å². The second kappa shape index (κ2) is 6.16. The van der Waals surface area contributed by atoms with Crippen LogP contribution in [0.4, 0.5) is 8.78 Å². The van der Waals surface area contributed by atoms with Crippen molar-refractivity contribution in [2.45, 2.75) is 32.6 Å². The third-order valence-corrected chi connectivity index (χ3v) is 3.67. The molecule has 1 aromatic carbocycles. The lowest BCUT2D eigenvalue weighted by Gasteiger charge is -2.10. The molecule has 3 nitrogen and oxygen atoms in total. The van der Waals surface area contributed by atoms with Gasteiger partial charge < -0.3 is 5.11 Å². The van der Waals surface area contributed by atoms with Crippen LogP contribution < -0.4 is 0 Å². The van der Waals surface area contributed by atoms with Crippen molar-refractivity contribution in [1.82, 2.24) is 0 Å². The number of rotatable bonds is 6. The number of allylic oxidation sites excluding steroid dienone is 1. The largest absolute Gasteiger partial charge is 0.478 e. The lowest BCUT2D eigenvalue weighted by atomic mass is 9.94. The van der Waals surface area contributed by atoms with Crippen LogP contribution in [0.2, 0.25) is 0 Å². The highest BCUT2D eigenvalue weighted by Crippen LogP contribution is 2.34. The minimum atomic E-state index is -1.37. The molecule has 1 saturated carbocycles. The van der Waals surface area contributed by atoms with Gasteiger partial charge in [-0.1, -0.05) is 18.9 Å². The average Bonchev–Trinajstić information content (AvgIpc) is 3.24. The lowest BCUT2D eigenvalue weighted by molar-refractivity contribution is -0.132. The first-order chi connectivity index (χ1) is 9.93. The van der Waals surface area contributed by atoms with Gasteiger partial charge in [-0.2, -0.15) is 0 Å². The maximum absolute atomic E-state index is 13.4. The molecule has 0 spiro atoms. The molecule has 0 heterocycles. The fourth-order valence-corrected chi connectivity index (χ4v) is 2.27. The monoisotopic (exact) mass is 294 g/mol. The first-order valence-electron chi connectivity index (χ1n) is 6.86. The molecular weight excluding hydrogens is 278 g/mol. The Kier molecular flexibility index (Phi) is 4.50. The van der Waals surface area contributed by atoms with Crippen LogP contribution in [0.15, 0.2) is 23.8 Å². The second-order valence-corrected chi connectivity index (χ2v) is 5.24. The van der Waals surface area contributed by atoms with E-state index in [2.05, 4.69) is 0 Å². The number of benzene rings is 1. The van der Waals surface area contributed by atoms with Crippen molar-refractivity contribution in [3.63, 3.8) is 0 Å². The molecule has 1 aliphatic carbocycles. The predicted molar refractivity (Wildman–Crippen MR) is 73.1 cm³/mol. The van der Waals surface area contributed by atoms with Gasteiger partial charge in [-0.15, -0.1) is 0 Å². The van der Waals surface area contributed by atoms with Crippen LogP contribution in [0.5, 0.6) is 0 Å². The standard InChI is InChI=1S/C16H16F2O3/c1-2-11(16(20)21)15(19)12-8-14(18)13(17)7-10(12)6-5-9-3-4-9/h2,7-9H,3-6H2,1H3,(H,20,21)/b11-2+. The highest BCUT2D eigenvalue weighted by atomic mass is 19.2. The van der Waals surface area contributed by atoms with Crippen LogP contribution in [0.3, 0.4) is 0 Å². The van der Waals surface area contributed by atoms with E-state index in [1.165, 1.54) is 6.92 Å². The number of carboxylic acids is 1. The summed E-state index contributed by atoms with van der Waals surface area (Å²) in [6, 6.07) is 1.80. The van der Waals surface area contributed by atoms with Crippen LogP contribution in [-0.2, 0) is 11.2 Å². The van der Waals surface area contributed by atoms with Gasteiger partial charge in [0.25, 0.3) is 0 Å². The number of Topliss-reactive ketones (excluding diaryl/α,β-unsaturated/α-hetero) is 1. The van der Waals surface area contributed by atoms with E-state index in [-0.39, 0.29) is 5.56 Å². The normalized spacial score (nSPS) is 15.1. The van der Waals surface area contributed by atoms with Crippen molar-refractivity contribution in [2.24, 2.45) is 5.92 Å². The first kappa shape index (κ1) is 15.4. The topological polar surface area (TPSA) is 54.4 Å². The molecule has 0 unspecified atom stereocenters. The Balaban J connectivity index is 2.37. The van der Waals surface area contributed by atoms with E-state index in [4.69, 9.17) is 5.11 Å². The molecule has 0 amide bonds. The predicted octanol–water partition coefficient (Wildman–Crippen LogP) is 3.52. The number of aliphatic carboxylic acids is 1. The summed E-state index contributed by atoms with van der Waals surface area (Å²) in [7, 11) is 0. The zero-order chi connectivity index (χ0) is 15.6. The van der Waals surface area contributed by atoms with Gasteiger partial charge in [-0.3, -0.25) is 4.79 Å². The Morgan fingerprint density at radius 3 is 2.43 bits per heavy atom. The summed E-state index contributed by atoms with van der Waals surface area (Å²) < 4.78 is 26.8. The van der Waals surface area contributed by atoms with Gasteiger partial charge in [0.1, 0.15) is 5.57 Å². The van der Waals surface area contributed by atoms with E-state index in [0.29, 0.717) is 17.9 Å². The fraction of sp³-hybridized carbons (Fsp3) is 0.375. The average molecular weight is 294 g/mol. The Bertz CT molecular complexity index is 616. The molecule has 1 aromatic rings. The van der Waals surface area contributed by atoms with E-state index >= 15 is 0 Å². The summed E-state index contributed by atoms with van der Waals surface area (Å²) in [5.74, 6) is -3.75. The molecule has 0 bridgehead atoms. The second-order valence-electron chi connectivity index (χ2n) is 5.24. The van der Waals surface area contributed by atoms with Crippen molar-refractivity contribution in [3.05, 3.63) is 46.5 Å². The summed E-state index contributed by atoms with van der Waals surface area (Å²) in [4.78, 5) is 23.3. The van der Waals surface area contributed by atoms with Gasteiger partial charge in [0, 0.05) is 5.56 Å². The van der Waals surface area contributed by atoms with E-state index < -0.39 is 29.0 Å². The molecule has 0 aliphatic heterocycles. The maximum atomic E-state index is 13.4. The third-order valence-electron chi connectivity index (χ3n) is 3.67. The zero-order valence-corrected chi connectivity index (χ0v) is 11.7. The van der Waals surface area contributed by atoms with Crippen LogP contribution in [0.1, 0.15) is 42.1 Å². The summed E-state index contributed by atoms with van der Waals surface area (Å²) in [5, 5.41) is 8.99. The highest BCUT2D eigenvalue weighted by molar-refractivity contribution is 6.24. The Morgan fingerprint density at radius 2 is 1.90 bits per heavy atom. The third kappa shape index (κ3) is 3.54. The number of carbonyl (C=O) groups excluding carboxylic acids is 1. The van der Waals surface area contributed by atoms with Gasteiger partial charge in [0.2, 0.25) is 0 Å². The molecular formula is C16H16F2O3. The van der Waals surface area contributed by atoms with E-state index in [1.807, 2.05) is 0 Å². The molecule has 21 heavy (non-hydrogen) atoms. The number of hydrogen-bond donors (Lipinski definition) is 1. The van der Waals surface area contributed by atoms with Crippen molar-refractivity contribution < 1.29 is 23.5 Å². The molecule has 2 rings (SSSR count). The van der Waals surface area contributed by atoms with Gasteiger partial charge in [-0.05, 0) is 43.4 Å². The van der Waals surface area contributed by atoms with E-state index in [9.17, 15) is 18.4 Å².